The number of primary amides is 1. The first kappa shape index (κ1) is 27.9. The largest absolute Gasteiger partial charge is 0.490 e. The van der Waals surface area contributed by atoms with Gasteiger partial charge in [0, 0.05) is 33.9 Å². The average molecular weight is 650 g/mol. The van der Waals surface area contributed by atoms with Crippen LogP contribution in [-0.2, 0) is 6.42 Å². The van der Waals surface area contributed by atoms with Gasteiger partial charge in [0.2, 0.25) is 5.91 Å². The van der Waals surface area contributed by atoms with Crippen LogP contribution in [0.1, 0.15) is 29.8 Å². The summed E-state index contributed by atoms with van der Waals surface area (Å²) in [5.41, 5.74) is 8.72. The number of β-amino-alcohol motifs (C(OH)–C–C–N with tert-alkyl or cyclic N) is 1. The first-order chi connectivity index (χ1) is 19.2. The van der Waals surface area contributed by atoms with Crippen LogP contribution in [0.25, 0.3) is 21.8 Å². The highest BCUT2D eigenvalue weighted by molar-refractivity contribution is 14.1. The van der Waals surface area contributed by atoms with Crippen LogP contribution in [0.2, 0.25) is 0 Å². The lowest BCUT2D eigenvalue weighted by Gasteiger charge is -2.28. The number of aromatic amines is 1. The normalized spacial score (nSPS) is 12.5. The number of nitrogens with two attached hydrogens (primary N) is 1. The van der Waals surface area contributed by atoms with Gasteiger partial charge in [-0.3, -0.25) is 4.79 Å². The van der Waals surface area contributed by atoms with E-state index in [2.05, 4.69) is 58.9 Å². The molecule has 206 valence electrons. The van der Waals surface area contributed by atoms with Crippen molar-refractivity contribution in [2.45, 2.75) is 31.9 Å². The number of carbonyl (C=O) groups is 1. The molecule has 1 heterocycles. The minimum absolute atomic E-state index is 0.187. The Hall–Kier alpha value is -3.60. The van der Waals surface area contributed by atoms with E-state index in [1.165, 1.54) is 0 Å². The Morgan fingerprint density at radius 3 is 2.50 bits per heavy atom. The summed E-state index contributed by atoms with van der Waals surface area (Å²) in [5.74, 6) is 1.66. The molecule has 0 bridgehead atoms. The van der Waals surface area contributed by atoms with Crippen molar-refractivity contribution in [3.63, 3.8) is 0 Å². The molecule has 0 saturated carbocycles. The van der Waals surface area contributed by atoms with E-state index >= 15 is 0 Å². The number of hydrogen-bond acceptors (Lipinski definition) is 5. The van der Waals surface area contributed by atoms with Crippen LogP contribution < -0.4 is 20.5 Å². The van der Waals surface area contributed by atoms with Gasteiger partial charge in [0.05, 0.1) is 9.09 Å². The standard InChI is InChI=1S/C32H32IN3O4/c1-32(2,17-20-10-15-28(25(33)16-20)40-23-13-11-21(12-14-23)31(34)38)35-18-22(37)19-39-29-9-5-8-27-30(29)24-6-3-4-7-26(24)36-27/h3-16,22,35-37H,17-19H2,1-2H3,(H2,34,38)/t22-/m0/s1. The molecule has 4 aromatic carbocycles. The molecule has 40 heavy (non-hydrogen) atoms. The number of aliphatic hydroxyl groups excluding tert-OH is 1. The molecule has 0 aliphatic heterocycles. The number of fused-ring (bicyclic) bond motifs is 3. The van der Waals surface area contributed by atoms with Crippen LogP contribution in [0.15, 0.2) is 84.9 Å². The molecule has 5 aromatic rings. The van der Waals surface area contributed by atoms with Crippen molar-refractivity contribution in [3.8, 4) is 17.2 Å². The zero-order valence-corrected chi connectivity index (χ0v) is 24.6. The Morgan fingerprint density at radius 2 is 1.75 bits per heavy atom. The number of carbonyl (C=O) groups excluding carboxylic acids is 1. The Morgan fingerprint density at radius 1 is 1.00 bits per heavy atom. The lowest BCUT2D eigenvalue weighted by atomic mass is 9.94. The molecule has 0 radical (unpaired) electrons. The zero-order valence-electron chi connectivity index (χ0n) is 22.4. The van der Waals surface area contributed by atoms with E-state index in [1.807, 2.05) is 48.5 Å². The summed E-state index contributed by atoms with van der Waals surface area (Å²) in [4.78, 5) is 14.7. The average Bonchev–Trinajstić information content (AvgIpc) is 3.32. The first-order valence-electron chi connectivity index (χ1n) is 13.1. The molecule has 0 aliphatic rings. The van der Waals surface area contributed by atoms with Gasteiger partial charge in [-0.25, -0.2) is 0 Å². The third kappa shape index (κ3) is 6.57. The smallest absolute Gasteiger partial charge is 0.248 e. The number of ether oxygens (including phenoxy) is 2. The van der Waals surface area contributed by atoms with Crippen LogP contribution >= 0.6 is 22.6 Å². The lowest BCUT2D eigenvalue weighted by Crippen LogP contribution is -2.46. The molecule has 5 N–H and O–H groups in total. The fourth-order valence-electron chi connectivity index (χ4n) is 4.75. The van der Waals surface area contributed by atoms with Gasteiger partial charge in [0.25, 0.3) is 0 Å². The molecular weight excluding hydrogens is 617 g/mol. The third-order valence-electron chi connectivity index (χ3n) is 6.75. The molecular formula is C32H32IN3O4. The molecule has 1 aromatic heterocycles. The number of H-pyrrole nitrogens is 1. The monoisotopic (exact) mass is 649 g/mol. The van der Waals surface area contributed by atoms with Gasteiger partial charge in [-0.05, 0) is 103 Å². The van der Waals surface area contributed by atoms with E-state index in [4.69, 9.17) is 15.2 Å². The van der Waals surface area contributed by atoms with E-state index in [9.17, 15) is 9.90 Å². The van der Waals surface area contributed by atoms with E-state index < -0.39 is 12.0 Å². The second-order valence-corrected chi connectivity index (χ2v) is 11.7. The van der Waals surface area contributed by atoms with Crippen LogP contribution in [0.3, 0.4) is 0 Å². The number of rotatable bonds is 11. The fourth-order valence-corrected chi connectivity index (χ4v) is 5.44. The predicted molar refractivity (Wildman–Crippen MR) is 167 cm³/mol. The van der Waals surface area contributed by atoms with Gasteiger partial charge in [-0.2, -0.15) is 0 Å². The Kier molecular flexibility index (Phi) is 8.30. The molecule has 0 spiro atoms. The topological polar surface area (TPSA) is 110 Å². The molecule has 1 amide bonds. The predicted octanol–water partition coefficient (Wildman–Crippen LogP) is 6.17. The van der Waals surface area contributed by atoms with Crippen molar-refractivity contribution in [3.05, 3.63) is 99.6 Å². The van der Waals surface area contributed by atoms with Crippen LogP contribution in [0.4, 0.5) is 0 Å². The summed E-state index contributed by atoms with van der Waals surface area (Å²) < 4.78 is 13.0. The molecule has 0 aliphatic carbocycles. The molecule has 0 unspecified atom stereocenters. The van der Waals surface area contributed by atoms with E-state index in [1.54, 1.807) is 24.3 Å². The second kappa shape index (κ2) is 11.9. The summed E-state index contributed by atoms with van der Waals surface area (Å²) in [6, 6.07) is 26.9. The highest BCUT2D eigenvalue weighted by atomic mass is 127. The molecule has 0 saturated heterocycles. The zero-order chi connectivity index (χ0) is 28.3. The number of nitrogens with one attached hydrogen (secondary N) is 2. The highest BCUT2D eigenvalue weighted by Gasteiger charge is 2.21. The Balaban J connectivity index is 1.15. The first-order valence-corrected chi connectivity index (χ1v) is 14.2. The van der Waals surface area contributed by atoms with Crippen molar-refractivity contribution >= 4 is 50.3 Å². The van der Waals surface area contributed by atoms with Gasteiger partial charge in [-0.1, -0.05) is 30.3 Å². The van der Waals surface area contributed by atoms with Crippen LogP contribution in [0.5, 0.6) is 17.2 Å². The molecule has 8 heteroatoms. The van der Waals surface area contributed by atoms with Gasteiger partial charge >= 0.3 is 0 Å². The highest BCUT2D eigenvalue weighted by Crippen LogP contribution is 2.33. The van der Waals surface area contributed by atoms with Crippen molar-refractivity contribution in [1.82, 2.24) is 10.3 Å². The SMILES string of the molecule is CC(C)(Cc1ccc(Oc2ccc(C(N)=O)cc2)c(I)c1)NC[C@H](O)COc1cccc2[nH]c3ccccc3c12. The Bertz CT molecular complexity index is 1650. The summed E-state index contributed by atoms with van der Waals surface area (Å²) in [5, 5.41) is 16.3. The van der Waals surface area contributed by atoms with Crippen molar-refractivity contribution in [1.29, 1.82) is 0 Å². The van der Waals surface area contributed by atoms with Crippen molar-refractivity contribution < 1.29 is 19.4 Å². The van der Waals surface area contributed by atoms with Gasteiger partial charge in [-0.15, -0.1) is 0 Å². The van der Waals surface area contributed by atoms with Crippen molar-refractivity contribution in [2.75, 3.05) is 13.2 Å². The fraction of sp³-hybridized carbons (Fsp3) is 0.219. The minimum Gasteiger partial charge on any atom is -0.490 e. The van der Waals surface area contributed by atoms with E-state index in [0.29, 0.717) is 17.9 Å². The van der Waals surface area contributed by atoms with Gasteiger partial charge in [0.1, 0.15) is 30.0 Å². The number of aliphatic hydroxyl groups is 1. The van der Waals surface area contributed by atoms with Crippen LogP contribution in [0, 0.1) is 3.57 Å². The van der Waals surface area contributed by atoms with Gasteiger partial charge in [0.15, 0.2) is 0 Å². The third-order valence-corrected chi connectivity index (χ3v) is 7.59. The summed E-state index contributed by atoms with van der Waals surface area (Å²) in [6.07, 6.45) is 0.0929. The van der Waals surface area contributed by atoms with Gasteiger partial charge < -0.3 is 30.6 Å². The maximum absolute atomic E-state index is 11.3. The second-order valence-electron chi connectivity index (χ2n) is 10.5. The number of benzene rings is 4. The number of hydrogen-bond donors (Lipinski definition) is 4. The number of amides is 1. The summed E-state index contributed by atoms with van der Waals surface area (Å²) >= 11 is 2.26. The Labute approximate surface area is 246 Å². The van der Waals surface area contributed by atoms with E-state index in [0.717, 1.165) is 48.9 Å². The number of aromatic nitrogens is 1. The maximum atomic E-state index is 11.3. The maximum Gasteiger partial charge on any atom is 0.248 e. The minimum atomic E-state index is -0.670. The van der Waals surface area contributed by atoms with Crippen LogP contribution in [-0.4, -0.2) is 40.8 Å². The number of halogens is 1. The molecule has 1 atom stereocenters. The lowest BCUT2D eigenvalue weighted by molar-refractivity contribution is 0.0995. The quantitative estimate of drug-likeness (QED) is 0.128. The molecule has 7 nitrogen and oxygen atoms in total. The molecule has 0 fully saturated rings. The van der Waals surface area contributed by atoms with Crippen molar-refractivity contribution in [2.24, 2.45) is 5.73 Å². The summed E-state index contributed by atoms with van der Waals surface area (Å²) in [7, 11) is 0. The number of para-hydroxylation sites is 1. The van der Waals surface area contributed by atoms with E-state index in [-0.39, 0.29) is 12.1 Å². The molecule has 5 rings (SSSR count). The summed E-state index contributed by atoms with van der Waals surface area (Å²) in [6.45, 7) is 4.82.